The van der Waals surface area contributed by atoms with Crippen molar-refractivity contribution < 1.29 is 14.3 Å². The topological polar surface area (TPSA) is 61.7 Å². The maximum absolute atomic E-state index is 13.4. The van der Waals surface area contributed by atoms with Crippen LogP contribution in [-0.4, -0.2) is 16.7 Å². The molecule has 102 valence electrons. The first-order valence-corrected chi connectivity index (χ1v) is 5.96. The summed E-state index contributed by atoms with van der Waals surface area (Å²) >= 11 is 0. The summed E-state index contributed by atoms with van der Waals surface area (Å²) < 4.78 is 13.4. The quantitative estimate of drug-likeness (QED) is 0.666. The van der Waals surface area contributed by atoms with E-state index in [1.807, 2.05) is 0 Å². The highest BCUT2D eigenvalue weighted by atomic mass is 19.1. The molecule has 0 heterocycles. The van der Waals surface area contributed by atoms with E-state index in [1.54, 1.807) is 25.1 Å². The molecule has 4 nitrogen and oxygen atoms in total. The number of nitrogens with zero attached hydrogens (tertiary/aromatic N) is 1. The molecule has 20 heavy (non-hydrogen) atoms. The van der Waals surface area contributed by atoms with E-state index in [2.05, 4.69) is 10.5 Å². The molecular formula is C15H13FN2O2. The summed E-state index contributed by atoms with van der Waals surface area (Å²) in [6.07, 6.45) is 0. The van der Waals surface area contributed by atoms with Gasteiger partial charge in [-0.3, -0.25) is 4.79 Å². The lowest BCUT2D eigenvalue weighted by molar-refractivity contribution is 0.0951. The van der Waals surface area contributed by atoms with Crippen LogP contribution in [0.25, 0.3) is 0 Å². The molecule has 2 aromatic carbocycles. The van der Waals surface area contributed by atoms with Gasteiger partial charge in [-0.15, -0.1) is 0 Å². The molecule has 1 amide bonds. The molecule has 0 unspecified atom stereocenters. The predicted molar refractivity (Wildman–Crippen MR) is 74.2 cm³/mol. The van der Waals surface area contributed by atoms with Gasteiger partial charge in [0.15, 0.2) is 0 Å². The van der Waals surface area contributed by atoms with E-state index in [0.717, 1.165) is 0 Å². The van der Waals surface area contributed by atoms with E-state index < -0.39 is 11.7 Å². The largest absolute Gasteiger partial charge is 0.508 e. The molecule has 2 aromatic rings. The second-order valence-electron chi connectivity index (χ2n) is 4.17. The Morgan fingerprint density at radius 2 is 1.95 bits per heavy atom. The van der Waals surface area contributed by atoms with Crippen molar-refractivity contribution in [3.8, 4) is 5.75 Å². The number of carbonyl (C=O) groups is 1. The minimum Gasteiger partial charge on any atom is -0.508 e. The van der Waals surface area contributed by atoms with Gasteiger partial charge in [0.2, 0.25) is 0 Å². The fraction of sp³-hybridized carbons (Fsp3) is 0.0667. The number of amides is 1. The lowest BCUT2D eigenvalue weighted by atomic mass is 10.1. The highest BCUT2D eigenvalue weighted by molar-refractivity contribution is 6.01. The Morgan fingerprint density at radius 3 is 2.65 bits per heavy atom. The smallest absolute Gasteiger partial charge is 0.274 e. The zero-order valence-electron chi connectivity index (χ0n) is 10.8. The number of hydrazone groups is 1. The fourth-order valence-corrected chi connectivity index (χ4v) is 1.64. The summed E-state index contributed by atoms with van der Waals surface area (Å²) in [5.74, 6) is -1.12. The Kier molecular flexibility index (Phi) is 4.10. The molecule has 0 fully saturated rings. The minimum atomic E-state index is -0.623. The van der Waals surface area contributed by atoms with Crippen molar-refractivity contribution in [1.29, 1.82) is 0 Å². The summed E-state index contributed by atoms with van der Waals surface area (Å²) in [6.45, 7) is 1.68. The molecule has 0 aliphatic rings. The van der Waals surface area contributed by atoms with Crippen LogP contribution < -0.4 is 5.43 Å². The number of hydrogen-bond acceptors (Lipinski definition) is 3. The van der Waals surface area contributed by atoms with Gasteiger partial charge in [-0.25, -0.2) is 9.82 Å². The van der Waals surface area contributed by atoms with Crippen molar-refractivity contribution in [3.05, 3.63) is 65.5 Å². The molecule has 2 rings (SSSR count). The number of phenols is 1. The predicted octanol–water partition coefficient (Wildman–Crippen LogP) is 2.69. The third-order valence-corrected chi connectivity index (χ3v) is 2.71. The molecular weight excluding hydrogens is 259 g/mol. The van der Waals surface area contributed by atoms with Crippen LogP contribution in [0, 0.1) is 5.82 Å². The molecule has 0 aliphatic heterocycles. The number of benzene rings is 2. The van der Waals surface area contributed by atoms with Crippen LogP contribution in [0.2, 0.25) is 0 Å². The van der Waals surface area contributed by atoms with Crippen molar-refractivity contribution in [1.82, 2.24) is 5.43 Å². The van der Waals surface area contributed by atoms with E-state index in [0.29, 0.717) is 11.3 Å². The molecule has 0 bridgehead atoms. The zero-order chi connectivity index (χ0) is 14.5. The van der Waals surface area contributed by atoms with E-state index in [-0.39, 0.29) is 11.3 Å². The normalized spacial score (nSPS) is 11.2. The van der Waals surface area contributed by atoms with Crippen LogP contribution in [0.3, 0.4) is 0 Å². The molecule has 0 spiro atoms. The summed E-state index contributed by atoms with van der Waals surface area (Å²) in [6, 6.07) is 12.1. The van der Waals surface area contributed by atoms with Crippen molar-refractivity contribution >= 4 is 11.6 Å². The van der Waals surface area contributed by atoms with Gasteiger partial charge in [0.25, 0.3) is 5.91 Å². The second kappa shape index (κ2) is 5.97. The molecule has 0 radical (unpaired) electrons. The molecule has 0 saturated carbocycles. The molecule has 2 N–H and O–H groups in total. The average molecular weight is 272 g/mol. The highest BCUT2D eigenvalue weighted by Gasteiger charge is 2.09. The summed E-state index contributed by atoms with van der Waals surface area (Å²) in [4.78, 5) is 11.8. The Morgan fingerprint density at radius 1 is 1.20 bits per heavy atom. The van der Waals surface area contributed by atoms with Gasteiger partial charge in [-0.1, -0.05) is 24.3 Å². The first-order valence-electron chi connectivity index (χ1n) is 5.96. The van der Waals surface area contributed by atoms with Crippen LogP contribution in [-0.2, 0) is 0 Å². The van der Waals surface area contributed by atoms with Crippen LogP contribution >= 0.6 is 0 Å². The molecule has 0 aliphatic carbocycles. The maximum Gasteiger partial charge on any atom is 0.274 e. The van der Waals surface area contributed by atoms with Gasteiger partial charge in [0, 0.05) is 5.56 Å². The standard InChI is InChI=1S/C15H13FN2O2/c1-10(11-5-4-6-12(19)9-11)17-18-15(20)13-7-2-3-8-14(13)16/h2-9,19H,1H3,(H,18,20). The Labute approximate surface area is 115 Å². The van der Waals surface area contributed by atoms with Gasteiger partial charge in [0.1, 0.15) is 11.6 Å². The SMILES string of the molecule is CC(=NNC(=O)c1ccccc1F)c1cccc(O)c1. The zero-order valence-corrected chi connectivity index (χ0v) is 10.8. The van der Waals surface area contributed by atoms with E-state index in [9.17, 15) is 14.3 Å². The Bertz CT molecular complexity index is 668. The number of rotatable bonds is 3. The van der Waals surface area contributed by atoms with Crippen molar-refractivity contribution in [2.24, 2.45) is 5.10 Å². The third-order valence-electron chi connectivity index (χ3n) is 2.71. The van der Waals surface area contributed by atoms with Gasteiger partial charge in [-0.2, -0.15) is 5.10 Å². The molecule has 0 atom stereocenters. The maximum atomic E-state index is 13.4. The van der Waals surface area contributed by atoms with E-state index >= 15 is 0 Å². The van der Waals surface area contributed by atoms with Crippen molar-refractivity contribution in [2.75, 3.05) is 0 Å². The molecule has 0 saturated heterocycles. The lowest BCUT2D eigenvalue weighted by Crippen LogP contribution is -2.20. The lowest BCUT2D eigenvalue weighted by Gasteiger charge is -2.04. The van der Waals surface area contributed by atoms with Crippen LogP contribution in [0.5, 0.6) is 5.75 Å². The Hall–Kier alpha value is -2.69. The second-order valence-corrected chi connectivity index (χ2v) is 4.17. The number of nitrogens with one attached hydrogen (secondary N) is 1. The van der Waals surface area contributed by atoms with Crippen LogP contribution in [0.4, 0.5) is 4.39 Å². The number of aromatic hydroxyl groups is 1. The summed E-state index contributed by atoms with van der Waals surface area (Å²) in [5, 5.41) is 13.3. The average Bonchev–Trinajstić information content (AvgIpc) is 2.45. The van der Waals surface area contributed by atoms with Crippen molar-refractivity contribution in [3.63, 3.8) is 0 Å². The number of carbonyl (C=O) groups excluding carboxylic acids is 1. The monoisotopic (exact) mass is 272 g/mol. The number of halogens is 1. The summed E-state index contributed by atoms with van der Waals surface area (Å²) in [7, 11) is 0. The van der Waals surface area contributed by atoms with Crippen molar-refractivity contribution in [2.45, 2.75) is 6.92 Å². The minimum absolute atomic E-state index is 0.0695. The van der Waals surface area contributed by atoms with Gasteiger partial charge < -0.3 is 5.11 Å². The van der Waals surface area contributed by atoms with Crippen LogP contribution in [0.15, 0.2) is 53.6 Å². The number of hydrogen-bond donors (Lipinski definition) is 2. The van der Waals surface area contributed by atoms with Gasteiger partial charge in [-0.05, 0) is 31.2 Å². The van der Waals surface area contributed by atoms with E-state index in [4.69, 9.17) is 0 Å². The Balaban J connectivity index is 2.13. The van der Waals surface area contributed by atoms with Gasteiger partial charge >= 0.3 is 0 Å². The highest BCUT2D eigenvalue weighted by Crippen LogP contribution is 2.11. The molecule has 5 heteroatoms. The first kappa shape index (κ1) is 13.7. The third kappa shape index (κ3) is 3.20. The van der Waals surface area contributed by atoms with E-state index in [1.165, 1.54) is 30.3 Å². The fourth-order valence-electron chi connectivity index (χ4n) is 1.64. The molecule has 0 aromatic heterocycles. The first-order chi connectivity index (χ1) is 9.58. The van der Waals surface area contributed by atoms with Gasteiger partial charge in [0.05, 0.1) is 11.3 Å². The summed E-state index contributed by atoms with van der Waals surface area (Å²) in [5.41, 5.74) is 3.39. The van der Waals surface area contributed by atoms with Crippen LogP contribution in [0.1, 0.15) is 22.8 Å². The number of phenolic OH excluding ortho intramolecular Hbond substituents is 1.